The first-order valence-corrected chi connectivity index (χ1v) is 14.0. The van der Waals surface area contributed by atoms with Gasteiger partial charge in [-0.2, -0.15) is 0 Å². The van der Waals surface area contributed by atoms with Crippen LogP contribution in [-0.4, -0.2) is 64.8 Å². The molecule has 0 N–H and O–H groups in total. The summed E-state index contributed by atoms with van der Waals surface area (Å²) in [6.07, 6.45) is 2.45. The fourth-order valence-corrected chi connectivity index (χ4v) is 5.40. The van der Waals surface area contributed by atoms with Crippen LogP contribution in [0.15, 0.2) is 0 Å². The summed E-state index contributed by atoms with van der Waals surface area (Å²) in [6, 6.07) is 0. The van der Waals surface area contributed by atoms with Gasteiger partial charge in [-0.3, -0.25) is 9.05 Å². The van der Waals surface area contributed by atoms with Crippen LogP contribution in [0.2, 0.25) is 0 Å². The maximum absolute atomic E-state index is 5.80. The maximum Gasteiger partial charge on any atom is 0.335 e. The Morgan fingerprint density at radius 1 is 0.636 bits per heavy atom. The molecule has 0 aromatic heterocycles. The van der Waals surface area contributed by atoms with Crippen LogP contribution >= 0.6 is 17.2 Å². The minimum Gasteiger partial charge on any atom is -0.353 e. The Morgan fingerprint density at radius 3 is 1.33 bits per heavy atom. The summed E-state index contributed by atoms with van der Waals surface area (Å²) in [5.74, 6) is 0. The van der Waals surface area contributed by atoms with Crippen LogP contribution in [0.25, 0.3) is 0 Å². The lowest BCUT2D eigenvalue weighted by atomic mass is 9.93. The third kappa shape index (κ3) is 11.8. The summed E-state index contributed by atoms with van der Waals surface area (Å²) in [6.45, 7) is 14.5. The molecule has 2 heterocycles. The summed E-state index contributed by atoms with van der Waals surface area (Å²) in [5, 5.41) is 0. The molecule has 0 saturated carbocycles. The lowest BCUT2D eigenvalue weighted by molar-refractivity contribution is -0.212. The Morgan fingerprint density at radius 2 is 1.00 bits per heavy atom. The maximum atomic E-state index is 5.80. The van der Waals surface area contributed by atoms with Gasteiger partial charge in [0.25, 0.3) is 0 Å². The largest absolute Gasteiger partial charge is 0.353 e. The second-order valence-corrected chi connectivity index (χ2v) is 10.6. The van der Waals surface area contributed by atoms with Gasteiger partial charge in [-0.15, -0.1) is 0 Å². The number of hydrogen-bond donors (Lipinski definition) is 0. The van der Waals surface area contributed by atoms with Crippen molar-refractivity contribution in [3.05, 3.63) is 0 Å². The van der Waals surface area contributed by atoms with Crippen LogP contribution in [0.1, 0.15) is 67.2 Å². The summed E-state index contributed by atoms with van der Waals surface area (Å²) >= 11 is 0. The van der Waals surface area contributed by atoms with Crippen LogP contribution in [0.5, 0.6) is 0 Å². The molecule has 0 aromatic rings. The molecule has 0 bridgehead atoms. The Balaban J connectivity index is 1.61. The molecule has 12 heteroatoms. The first kappa shape index (κ1) is 29.7. The summed E-state index contributed by atoms with van der Waals surface area (Å²) < 4.78 is 57.2. The zero-order valence-electron chi connectivity index (χ0n) is 20.9. The van der Waals surface area contributed by atoms with Gasteiger partial charge in [0, 0.05) is 13.2 Å². The molecule has 0 amide bonds. The molecule has 0 aliphatic carbocycles. The molecule has 10 nitrogen and oxygen atoms in total. The van der Waals surface area contributed by atoms with Gasteiger partial charge in [0.15, 0.2) is 25.2 Å². The van der Waals surface area contributed by atoms with Crippen molar-refractivity contribution in [3.63, 3.8) is 0 Å². The van der Waals surface area contributed by atoms with Crippen LogP contribution in [0.4, 0.5) is 0 Å². The highest BCUT2D eigenvalue weighted by molar-refractivity contribution is 7.42. The van der Waals surface area contributed by atoms with Gasteiger partial charge in [-0.1, -0.05) is 26.7 Å². The Bertz CT molecular complexity index is 454. The van der Waals surface area contributed by atoms with E-state index in [1.807, 2.05) is 13.8 Å². The molecule has 2 fully saturated rings. The van der Waals surface area contributed by atoms with E-state index < -0.39 is 29.8 Å². The summed E-state index contributed by atoms with van der Waals surface area (Å²) in [4.78, 5) is 0. The quantitative estimate of drug-likeness (QED) is 0.147. The molecular weight excluding hydrogens is 474 g/mol. The second-order valence-electron chi connectivity index (χ2n) is 8.24. The zero-order chi connectivity index (χ0) is 24.1. The van der Waals surface area contributed by atoms with Crippen molar-refractivity contribution in [2.24, 2.45) is 5.41 Å². The first-order valence-electron chi connectivity index (χ1n) is 11.9. The summed E-state index contributed by atoms with van der Waals surface area (Å²) in [5.41, 5.74) is -0.383. The third-order valence-corrected chi connectivity index (χ3v) is 7.14. The standard InChI is InChI=1S/C21H42O10P2/c1-7-9-11-22-17(3)28-19(5)30-32-24-13-21(14-25-32)15-26-33(27-16-21)31-20(6)29-18(4)23-12-10-8-2/h17-20H,7-16H2,1-6H3. The SMILES string of the molecule is CCCCOC(C)OC(C)OP1OCC2(CO1)COP(OC(C)OC(C)OCCCC)OC2. The lowest BCUT2D eigenvalue weighted by Crippen LogP contribution is -2.45. The Labute approximate surface area is 201 Å². The van der Waals surface area contributed by atoms with Crippen molar-refractivity contribution in [3.8, 4) is 0 Å². The van der Waals surface area contributed by atoms with E-state index in [9.17, 15) is 0 Å². The van der Waals surface area contributed by atoms with E-state index >= 15 is 0 Å². The molecule has 0 radical (unpaired) electrons. The van der Waals surface area contributed by atoms with E-state index in [1.54, 1.807) is 13.8 Å². The molecule has 2 rings (SSSR count). The molecule has 33 heavy (non-hydrogen) atoms. The van der Waals surface area contributed by atoms with Gasteiger partial charge in [0.05, 0.1) is 31.8 Å². The van der Waals surface area contributed by atoms with Crippen LogP contribution in [-0.2, 0) is 46.1 Å². The Kier molecular flexibility index (Phi) is 14.6. The van der Waals surface area contributed by atoms with Gasteiger partial charge in [-0.25, -0.2) is 0 Å². The lowest BCUT2D eigenvalue weighted by Gasteiger charge is -2.42. The molecular formula is C21H42O10P2. The normalized spacial score (nSPS) is 29.6. The highest BCUT2D eigenvalue weighted by Crippen LogP contribution is 2.53. The smallest absolute Gasteiger partial charge is 0.335 e. The minimum absolute atomic E-state index is 0.352. The molecule has 2 aliphatic heterocycles. The average molecular weight is 517 g/mol. The van der Waals surface area contributed by atoms with E-state index in [-0.39, 0.29) is 18.0 Å². The van der Waals surface area contributed by atoms with E-state index in [4.69, 9.17) is 46.1 Å². The number of ether oxygens (including phenoxy) is 4. The monoisotopic (exact) mass is 516 g/mol. The fourth-order valence-electron chi connectivity index (χ4n) is 2.90. The van der Waals surface area contributed by atoms with Gasteiger partial charge >= 0.3 is 17.2 Å². The van der Waals surface area contributed by atoms with E-state index in [1.165, 1.54) is 0 Å². The molecule has 2 aliphatic rings. The zero-order valence-corrected chi connectivity index (χ0v) is 22.6. The average Bonchev–Trinajstić information content (AvgIpc) is 2.77. The minimum atomic E-state index is -1.50. The van der Waals surface area contributed by atoms with Gasteiger partial charge in [0.1, 0.15) is 0 Å². The third-order valence-electron chi connectivity index (χ3n) is 4.84. The second kappa shape index (κ2) is 16.3. The van der Waals surface area contributed by atoms with Crippen molar-refractivity contribution < 1.29 is 46.1 Å². The van der Waals surface area contributed by atoms with Crippen LogP contribution in [0.3, 0.4) is 0 Å². The highest BCUT2D eigenvalue weighted by atomic mass is 31.2. The van der Waals surface area contributed by atoms with Crippen molar-refractivity contribution in [1.29, 1.82) is 0 Å². The summed E-state index contributed by atoms with van der Waals surface area (Å²) in [7, 11) is -3.00. The van der Waals surface area contributed by atoms with E-state index in [0.29, 0.717) is 39.6 Å². The molecule has 0 aromatic carbocycles. The van der Waals surface area contributed by atoms with Crippen molar-refractivity contribution >= 4 is 17.2 Å². The molecule has 2 saturated heterocycles. The van der Waals surface area contributed by atoms with Crippen molar-refractivity contribution in [1.82, 2.24) is 0 Å². The predicted molar refractivity (Wildman–Crippen MR) is 124 cm³/mol. The Hall–Kier alpha value is 0.460. The van der Waals surface area contributed by atoms with E-state index in [2.05, 4.69) is 13.8 Å². The van der Waals surface area contributed by atoms with E-state index in [0.717, 1.165) is 25.7 Å². The number of unbranched alkanes of at least 4 members (excludes halogenated alkanes) is 2. The molecule has 196 valence electrons. The van der Waals surface area contributed by atoms with Crippen molar-refractivity contribution in [2.45, 2.75) is 92.4 Å². The first-order chi connectivity index (χ1) is 15.9. The molecule has 1 spiro atoms. The number of hydrogen-bond acceptors (Lipinski definition) is 10. The predicted octanol–water partition coefficient (Wildman–Crippen LogP) is 5.60. The topological polar surface area (TPSA) is 92.3 Å². The van der Waals surface area contributed by atoms with Crippen LogP contribution < -0.4 is 0 Å². The number of rotatable bonds is 16. The molecule has 4 unspecified atom stereocenters. The van der Waals surface area contributed by atoms with Gasteiger partial charge in [-0.05, 0) is 40.5 Å². The fraction of sp³-hybridized carbons (Fsp3) is 1.00. The van der Waals surface area contributed by atoms with Gasteiger partial charge in [0.2, 0.25) is 0 Å². The molecule has 4 atom stereocenters. The van der Waals surface area contributed by atoms with Crippen molar-refractivity contribution in [2.75, 3.05) is 39.6 Å². The highest BCUT2D eigenvalue weighted by Gasteiger charge is 2.44. The van der Waals surface area contributed by atoms with Gasteiger partial charge < -0.3 is 37.0 Å². The van der Waals surface area contributed by atoms with Crippen LogP contribution in [0, 0.1) is 5.41 Å².